The summed E-state index contributed by atoms with van der Waals surface area (Å²) in [6, 6.07) is 5.83. The molecule has 0 aliphatic heterocycles. The van der Waals surface area contributed by atoms with Crippen LogP contribution in [0.4, 0.5) is 0 Å². The Morgan fingerprint density at radius 3 is 2.94 bits per heavy atom. The number of hydrogen-bond donors (Lipinski definition) is 1. The van der Waals surface area contributed by atoms with Crippen molar-refractivity contribution in [3.8, 4) is 0 Å². The summed E-state index contributed by atoms with van der Waals surface area (Å²) < 4.78 is 5.17. The average molecular weight is 253 g/mol. The molecule has 0 aliphatic rings. The Kier molecular flexibility index (Phi) is 5.23. The molecule has 2 rings (SSSR count). The van der Waals surface area contributed by atoms with Gasteiger partial charge in [-0.05, 0) is 36.1 Å². The van der Waals surface area contributed by atoms with E-state index >= 15 is 0 Å². The molecule has 0 aliphatic carbocycles. The van der Waals surface area contributed by atoms with Gasteiger partial charge in [-0.3, -0.25) is 4.98 Å². The van der Waals surface area contributed by atoms with Gasteiger partial charge in [0.05, 0.1) is 6.26 Å². The number of rotatable bonds is 4. The molecule has 17 heavy (non-hydrogen) atoms. The Morgan fingerprint density at radius 2 is 2.24 bits per heavy atom. The number of aryl methyl sites for hydroxylation is 2. The molecule has 2 heterocycles. The lowest BCUT2D eigenvalue weighted by Crippen LogP contribution is -1.93. The molecule has 0 unspecified atom stereocenters. The van der Waals surface area contributed by atoms with Gasteiger partial charge in [0.2, 0.25) is 0 Å². The van der Waals surface area contributed by atoms with Crippen molar-refractivity contribution in [1.29, 1.82) is 0 Å². The Morgan fingerprint density at radius 1 is 1.35 bits per heavy atom. The molecule has 0 saturated carbocycles. The SMILES string of the molecule is Cl.O/N=C\c1occc1CCc1cccnc1. The summed E-state index contributed by atoms with van der Waals surface area (Å²) in [6.07, 6.45) is 8.22. The van der Waals surface area contributed by atoms with E-state index < -0.39 is 0 Å². The summed E-state index contributed by atoms with van der Waals surface area (Å²) in [5.41, 5.74) is 2.21. The first-order valence-electron chi connectivity index (χ1n) is 5.03. The van der Waals surface area contributed by atoms with Gasteiger partial charge in [-0.1, -0.05) is 11.2 Å². The van der Waals surface area contributed by atoms with Gasteiger partial charge >= 0.3 is 0 Å². The summed E-state index contributed by atoms with van der Waals surface area (Å²) in [5, 5.41) is 11.4. The topological polar surface area (TPSA) is 58.6 Å². The van der Waals surface area contributed by atoms with Crippen LogP contribution in [-0.4, -0.2) is 16.4 Å². The molecule has 0 atom stereocenters. The molecule has 2 aromatic heterocycles. The molecule has 5 heteroatoms. The van der Waals surface area contributed by atoms with Crippen LogP contribution < -0.4 is 0 Å². The fourth-order valence-corrected chi connectivity index (χ4v) is 1.54. The van der Waals surface area contributed by atoms with Gasteiger partial charge in [0.1, 0.15) is 6.21 Å². The highest BCUT2D eigenvalue weighted by atomic mass is 35.5. The number of halogens is 1. The number of aromatic nitrogens is 1. The second-order valence-corrected chi connectivity index (χ2v) is 3.42. The van der Waals surface area contributed by atoms with Crippen LogP contribution in [0.3, 0.4) is 0 Å². The predicted molar refractivity (Wildman–Crippen MR) is 67.0 cm³/mol. The quantitative estimate of drug-likeness (QED) is 0.517. The molecule has 0 fully saturated rings. The molecule has 0 spiro atoms. The minimum atomic E-state index is 0. The average Bonchev–Trinajstić information content (AvgIpc) is 2.76. The van der Waals surface area contributed by atoms with E-state index in [0.29, 0.717) is 5.76 Å². The first kappa shape index (κ1) is 13.3. The monoisotopic (exact) mass is 252 g/mol. The highest BCUT2D eigenvalue weighted by Gasteiger charge is 2.04. The Labute approximate surface area is 105 Å². The van der Waals surface area contributed by atoms with E-state index in [0.717, 1.165) is 18.4 Å². The molecule has 0 aromatic carbocycles. The van der Waals surface area contributed by atoms with E-state index in [-0.39, 0.29) is 12.4 Å². The second kappa shape index (κ2) is 6.70. The zero-order valence-corrected chi connectivity index (χ0v) is 9.93. The number of hydrogen-bond acceptors (Lipinski definition) is 4. The lowest BCUT2D eigenvalue weighted by atomic mass is 10.1. The van der Waals surface area contributed by atoms with Crippen LogP contribution in [0.1, 0.15) is 16.9 Å². The minimum Gasteiger partial charge on any atom is -0.463 e. The van der Waals surface area contributed by atoms with E-state index in [1.807, 2.05) is 24.4 Å². The maximum absolute atomic E-state index is 8.45. The highest BCUT2D eigenvalue weighted by Crippen LogP contribution is 2.11. The molecule has 0 radical (unpaired) electrons. The van der Waals surface area contributed by atoms with Gasteiger partial charge in [-0.2, -0.15) is 0 Å². The van der Waals surface area contributed by atoms with Gasteiger partial charge < -0.3 is 9.62 Å². The van der Waals surface area contributed by atoms with Crippen molar-refractivity contribution in [2.24, 2.45) is 5.16 Å². The number of nitrogens with zero attached hydrogens (tertiary/aromatic N) is 2. The third-order valence-electron chi connectivity index (χ3n) is 2.36. The summed E-state index contributed by atoms with van der Waals surface area (Å²) in [7, 11) is 0. The highest BCUT2D eigenvalue weighted by molar-refractivity contribution is 5.85. The summed E-state index contributed by atoms with van der Waals surface area (Å²) >= 11 is 0. The maximum Gasteiger partial charge on any atom is 0.151 e. The van der Waals surface area contributed by atoms with Gasteiger partial charge in [-0.15, -0.1) is 12.4 Å². The normalized spacial score (nSPS) is 10.4. The van der Waals surface area contributed by atoms with E-state index in [1.165, 1.54) is 11.8 Å². The Balaban J connectivity index is 0.00000144. The smallest absolute Gasteiger partial charge is 0.151 e. The largest absolute Gasteiger partial charge is 0.463 e. The maximum atomic E-state index is 8.45. The van der Waals surface area contributed by atoms with E-state index in [9.17, 15) is 0 Å². The first-order chi connectivity index (χ1) is 7.90. The zero-order valence-electron chi connectivity index (χ0n) is 9.11. The first-order valence-corrected chi connectivity index (χ1v) is 5.03. The van der Waals surface area contributed by atoms with Crippen LogP contribution in [-0.2, 0) is 12.8 Å². The molecule has 1 N–H and O–H groups in total. The zero-order chi connectivity index (χ0) is 11.2. The van der Waals surface area contributed by atoms with Crippen LogP contribution in [0.25, 0.3) is 0 Å². The molecule has 0 saturated heterocycles. The van der Waals surface area contributed by atoms with Crippen LogP contribution >= 0.6 is 12.4 Å². The fraction of sp³-hybridized carbons (Fsp3) is 0.167. The fourth-order valence-electron chi connectivity index (χ4n) is 1.54. The van der Waals surface area contributed by atoms with Crippen LogP contribution in [0.5, 0.6) is 0 Å². The third kappa shape index (κ3) is 3.60. The van der Waals surface area contributed by atoms with E-state index in [2.05, 4.69) is 10.1 Å². The Hall–Kier alpha value is -1.81. The number of pyridine rings is 1. The van der Waals surface area contributed by atoms with Crippen LogP contribution in [0, 0.1) is 0 Å². The lowest BCUT2D eigenvalue weighted by molar-refractivity contribution is 0.320. The van der Waals surface area contributed by atoms with Crippen LogP contribution in [0.15, 0.2) is 46.4 Å². The third-order valence-corrected chi connectivity index (χ3v) is 2.36. The number of oxime groups is 1. The number of furan rings is 1. The molecular formula is C12H13ClN2O2. The van der Waals surface area contributed by atoms with E-state index in [4.69, 9.17) is 9.62 Å². The molecular weight excluding hydrogens is 240 g/mol. The molecule has 0 amide bonds. The van der Waals surface area contributed by atoms with Gasteiger partial charge in [-0.25, -0.2) is 0 Å². The summed E-state index contributed by atoms with van der Waals surface area (Å²) in [5.74, 6) is 0.603. The van der Waals surface area contributed by atoms with Gasteiger partial charge in [0.25, 0.3) is 0 Å². The van der Waals surface area contributed by atoms with Crippen molar-refractivity contribution in [1.82, 2.24) is 4.98 Å². The van der Waals surface area contributed by atoms with Crippen molar-refractivity contribution < 1.29 is 9.62 Å². The Bertz CT molecular complexity index is 468. The van der Waals surface area contributed by atoms with Crippen molar-refractivity contribution in [2.75, 3.05) is 0 Å². The second-order valence-electron chi connectivity index (χ2n) is 3.42. The summed E-state index contributed by atoms with van der Waals surface area (Å²) in [6.45, 7) is 0. The van der Waals surface area contributed by atoms with Crippen molar-refractivity contribution in [3.05, 3.63) is 53.7 Å². The molecule has 4 nitrogen and oxygen atoms in total. The van der Waals surface area contributed by atoms with Gasteiger partial charge in [0.15, 0.2) is 5.76 Å². The predicted octanol–water partition coefficient (Wildman–Crippen LogP) is 2.69. The van der Waals surface area contributed by atoms with Crippen molar-refractivity contribution in [2.45, 2.75) is 12.8 Å². The summed E-state index contributed by atoms with van der Waals surface area (Å²) in [4.78, 5) is 4.05. The standard InChI is InChI=1S/C12H12N2O2.ClH/c15-14-9-12-11(5-7-16-12)4-3-10-2-1-6-13-8-10;/h1-2,5-9,15H,3-4H2;1H/b14-9-;. The lowest BCUT2D eigenvalue weighted by Gasteiger charge is -1.99. The van der Waals surface area contributed by atoms with Crippen LogP contribution in [0.2, 0.25) is 0 Å². The van der Waals surface area contributed by atoms with Crippen molar-refractivity contribution >= 4 is 18.6 Å². The minimum absolute atomic E-state index is 0. The van der Waals surface area contributed by atoms with Gasteiger partial charge in [0, 0.05) is 12.4 Å². The van der Waals surface area contributed by atoms with E-state index in [1.54, 1.807) is 12.5 Å². The molecule has 0 bridgehead atoms. The molecule has 2 aromatic rings. The van der Waals surface area contributed by atoms with Crippen molar-refractivity contribution in [3.63, 3.8) is 0 Å². The molecule has 90 valence electrons.